The number of ether oxygens (including phenoxy) is 1. The Morgan fingerprint density at radius 2 is 2.08 bits per heavy atom. The molecule has 1 aromatic rings. The number of hydrogen-bond acceptors (Lipinski definition) is 4. The van der Waals surface area contributed by atoms with Crippen LogP contribution in [-0.4, -0.2) is 49.1 Å². The van der Waals surface area contributed by atoms with Gasteiger partial charge in [0.1, 0.15) is 6.10 Å². The third-order valence-corrected chi connectivity index (χ3v) is 4.87. The molecule has 0 radical (unpaired) electrons. The van der Waals surface area contributed by atoms with Gasteiger partial charge >= 0.3 is 0 Å². The maximum atomic E-state index is 12.2. The molecular weight excluding hydrogens is 410 g/mol. The van der Waals surface area contributed by atoms with Crippen molar-refractivity contribution in [3.63, 3.8) is 0 Å². The number of halogens is 2. The Hall–Kier alpha value is -1.15. The van der Waals surface area contributed by atoms with Crippen molar-refractivity contribution in [2.45, 2.75) is 38.0 Å². The van der Waals surface area contributed by atoms with Gasteiger partial charge in [0.25, 0.3) is 0 Å². The molecule has 8 heteroatoms. The molecule has 140 valence electrons. The minimum Gasteiger partial charge on any atom is -0.364 e. The topological polar surface area (TPSA) is 84.7 Å². The van der Waals surface area contributed by atoms with E-state index in [1.165, 1.54) is 0 Å². The second-order valence-corrected chi connectivity index (χ2v) is 6.80. The van der Waals surface area contributed by atoms with Crippen LogP contribution in [0.4, 0.5) is 0 Å². The maximum Gasteiger partial charge on any atom is 0.249 e. The second kappa shape index (κ2) is 10.8. The smallest absolute Gasteiger partial charge is 0.249 e. The monoisotopic (exact) mass is 433 g/mol. The second-order valence-electron chi connectivity index (χ2n) is 5.94. The molecule has 0 aliphatic carbocycles. The van der Waals surface area contributed by atoms with Crippen LogP contribution >= 0.6 is 28.3 Å². The van der Waals surface area contributed by atoms with Crippen LogP contribution in [0.25, 0.3) is 0 Å². The maximum absolute atomic E-state index is 12.2. The average molecular weight is 435 g/mol. The van der Waals surface area contributed by atoms with E-state index < -0.39 is 6.10 Å². The van der Waals surface area contributed by atoms with Crippen LogP contribution in [0.5, 0.6) is 0 Å². The van der Waals surface area contributed by atoms with E-state index in [0.717, 1.165) is 16.5 Å². The van der Waals surface area contributed by atoms with E-state index in [9.17, 15) is 9.59 Å². The molecule has 6 nitrogen and oxygen atoms in total. The highest BCUT2D eigenvalue weighted by Gasteiger charge is 2.29. The lowest BCUT2D eigenvalue weighted by Gasteiger charge is -2.18. The van der Waals surface area contributed by atoms with Crippen LogP contribution in [0.1, 0.15) is 24.8 Å². The van der Waals surface area contributed by atoms with Crippen molar-refractivity contribution in [3.8, 4) is 0 Å². The summed E-state index contributed by atoms with van der Waals surface area (Å²) in [6.07, 6.45) is 1.29. The van der Waals surface area contributed by atoms with Gasteiger partial charge in [0.2, 0.25) is 11.8 Å². The average Bonchev–Trinajstić information content (AvgIpc) is 3.06. The number of nitrogens with zero attached hydrogens (tertiary/aromatic N) is 1. The fourth-order valence-electron chi connectivity index (χ4n) is 2.64. The third kappa shape index (κ3) is 6.58. The zero-order chi connectivity index (χ0) is 17.5. The van der Waals surface area contributed by atoms with Gasteiger partial charge in [-0.25, -0.2) is 0 Å². The van der Waals surface area contributed by atoms with E-state index in [2.05, 4.69) is 21.2 Å². The van der Waals surface area contributed by atoms with E-state index in [1.54, 1.807) is 11.9 Å². The fourth-order valence-corrected chi connectivity index (χ4v) is 3.05. The Kier molecular flexibility index (Phi) is 9.42. The summed E-state index contributed by atoms with van der Waals surface area (Å²) in [5, 5.41) is 2.77. The molecule has 1 aliphatic heterocycles. The summed E-state index contributed by atoms with van der Waals surface area (Å²) in [5.74, 6) is -0.176. The van der Waals surface area contributed by atoms with E-state index in [0.29, 0.717) is 26.1 Å². The zero-order valence-electron chi connectivity index (χ0n) is 14.2. The van der Waals surface area contributed by atoms with Crippen LogP contribution in [-0.2, 0) is 20.9 Å². The van der Waals surface area contributed by atoms with Gasteiger partial charge < -0.3 is 20.7 Å². The molecule has 1 saturated heterocycles. The van der Waals surface area contributed by atoms with Crippen LogP contribution in [0.2, 0.25) is 0 Å². The van der Waals surface area contributed by atoms with E-state index in [1.807, 2.05) is 24.3 Å². The van der Waals surface area contributed by atoms with Gasteiger partial charge in [-0.2, -0.15) is 0 Å². The summed E-state index contributed by atoms with van der Waals surface area (Å²) < 4.78 is 6.51. The van der Waals surface area contributed by atoms with E-state index in [4.69, 9.17) is 10.5 Å². The molecule has 2 atom stereocenters. The lowest BCUT2D eigenvalue weighted by molar-refractivity contribution is -0.132. The van der Waals surface area contributed by atoms with Crippen LogP contribution < -0.4 is 11.1 Å². The normalized spacial score (nSPS) is 19.2. The summed E-state index contributed by atoms with van der Waals surface area (Å²) in [6.45, 7) is 1.27. The van der Waals surface area contributed by atoms with E-state index in [-0.39, 0.29) is 36.7 Å². The summed E-state index contributed by atoms with van der Waals surface area (Å²) >= 11 is 3.48. The molecule has 1 aromatic carbocycles. The molecule has 1 aliphatic rings. The van der Waals surface area contributed by atoms with Gasteiger partial charge in [-0.1, -0.05) is 34.1 Å². The number of benzene rings is 1. The SMILES string of the molecule is CN(Cc1ccccc1Br)C(=O)CCNC(=O)[C@@H]1CC[C@H](CN)O1.Cl. The van der Waals surface area contributed by atoms with Crippen LogP contribution in [0.3, 0.4) is 0 Å². The number of nitrogens with one attached hydrogen (secondary N) is 1. The summed E-state index contributed by atoms with van der Waals surface area (Å²) in [5.41, 5.74) is 6.58. The highest BCUT2D eigenvalue weighted by molar-refractivity contribution is 9.10. The Morgan fingerprint density at radius 1 is 1.36 bits per heavy atom. The molecule has 1 fully saturated rings. The molecule has 3 N–H and O–H groups in total. The Bertz CT molecular complexity index is 588. The first kappa shape index (κ1) is 21.9. The van der Waals surface area contributed by atoms with Gasteiger partial charge in [0.15, 0.2) is 0 Å². The van der Waals surface area contributed by atoms with Gasteiger partial charge in [-0.3, -0.25) is 9.59 Å². The van der Waals surface area contributed by atoms with Crippen molar-refractivity contribution >= 4 is 40.2 Å². The van der Waals surface area contributed by atoms with Crippen LogP contribution in [0.15, 0.2) is 28.7 Å². The van der Waals surface area contributed by atoms with Crippen molar-refractivity contribution in [1.82, 2.24) is 10.2 Å². The molecule has 2 amide bonds. The highest BCUT2D eigenvalue weighted by atomic mass is 79.9. The van der Waals surface area contributed by atoms with Gasteiger partial charge in [-0.05, 0) is 24.5 Å². The van der Waals surface area contributed by atoms with Gasteiger partial charge in [0, 0.05) is 37.6 Å². The summed E-state index contributed by atoms with van der Waals surface area (Å²) in [7, 11) is 1.76. The van der Waals surface area contributed by atoms with Gasteiger partial charge in [-0.15, -0.1) is 12.4 Å². The zero-order valence-corrected chi connectivity index (χ0v) is 16.6. The standard InChI is InChI=1S/C17H24BrN3O3.ClH/c1-21(11-12-4-2-3-5-14(12)18)16(22)8-9-20-17(23)15-7-6-13(10-19)24-15;/h2-5,13,15H,6-11,19H2,1H3,(H,20,23);1H/t13-,15+;/m1./s1. The van der Waals surface area contributed by atoms with Crippen molar-refractivity contribution in [1.29, 1.82) is 0 Å². The lowest BCUT2D eigenvalue weighted by Crippen LogP contribution is -2.38. The molecule has 0 aromatic heterocycles. The first-order valence-electron chi connectivity index (χ1n) is 8.12. The van der Waals surface area contributed by atoms with Gasteiger partial charge in [0.05, 0.1) is 6.10 Å². The minimum absolute atomic E-state index is 0. The Balaban J connectivity index is 0.00000312. The molecular formula is C17H25BrClN3O3. The predicted molar refractivity (Wildman–Crippen MR) is 102 cm³/mol. The molecule has 0 bridgehead atoms. The molecule has 2 rings (SSSR count). The first-order chi connectivity index (χ1) is 11.5. The highest BCUT2D eigenvalue weighted by Crippen LogP contribution is 2.19. The van der Waals surface area contributed by atoms with Crippen molar-refractivity contribution in [3.05, 3.63) is 34.3 Å². The number of amides is 2. The number of hydrogen-bond donors (Lipinski definition) is 2. The largest absolute Gasteiger partial charge is 0.364 e. The number of rotatable bonds is 7. The molecule has 1 heterocycles. The fraction of sp³-hybridized carbons (Fsp3) is 0.529. The van der Waals surface area contributed by atoms with Crippen molar-refractivity contribution in [2.24, 2.45) is 5.73 Å². The Morgan fingerprint density at radius 3 is 2.72 bits per heavy atom. The number of nitrogens with two attached hydrogens (primary N) is 1. The predicted octanol–water partition coefficient (Wildman–Crippen LogP) is 1.84. The number of carbonyl (C=O) groups is 2. The van der Waals surface area contributed by atoms with Crippen LogP contribution in [0, 0.1) is 0 Å². The van der Waals surface area contributed by atoms with Crippen molar-refractivity contribution in [2.75, 3.05) is 20.1 Å². The summed E-state index contributed by atoms with van der Waals surface area (Å²) in [4.78, 5) is 25.8. The van der Waals surface area contributed by atoms with E-state index >= 15 is 0 Å². The number of carbonyl (C=O) groups excluding carboxylic acids is 2. The molecule has 25 heavy (non-hydrogen) atoms. The molecule has 0 spiro atoms. The first-order valence-corrected chi connectivity index (χ1v) is 8.91. The Labute approximate surface area is 163 Å². The minimum atomic E-state index is -0.438. The lowest BCUT2D eigenvalue weighted by atomic mass is 10.2. The molecule has 0 saturated carbocycles. The molecule has 0 unspecified atom stereocenters. The third-order valence-electron chi connectivity index (χ3n) is 4.09. The quantitative estimate of drug-likeness (QED) is 0.686. The summed E-state index contributed by atoms with van der Waals surface area (Å²) in [6, 6.07) is 7.80. The van der Waals surface area contributed by atoms with Crippen molar-refractivity contribution < 1.29 is 14.3 Å².